The second-order valence-electron chi connectivity index (χ2n) is 5.53. The SMILES string of the molecule is C[C@@H]1CC(C)(O)CCN1C(=O)OCc1ccccc1. The quantitative estimate of drug-likeness (QED) is 0.892. The van der Waals surface area contributed by atoms with Crippen molar-refractivity contribution in [2.45, 2.75) is 44.9 Å². The fraction of sp³-hybridized carbons (Fsp3) is 0.533. The van der Waals surface area contributed by atoms with Crippen molar-refractivity contribution in [1.29, 1.82) is 0 Å². The number of rotatable bonds is 2. The fourth-order valence-electron chi connectivity index (χ4n) is 2.50. The molecule has 4 nitrogen and oxygen atoms in total. The number of likely N-dealkylation sites (tertiary alicyclic amines) is 1. The fourth-order valence-corrected chi connectivity index (χ4v) is 2.50. The minimum Gasteiger partial charge on any atom is -0.445 e. The number of amides is 1. The number of hydrogen-bond acceptors (Lipinski definition) is 3. The van der Waals surface area contributed by atoms with Crippen molar-refractivity contribution in [3.8, 4) is 0 Å². The Balaban J connectivity index is 1.87. The first-order valence-electron chi connectivity index (χ1n) is 6.68. The summed E-state index contributed by atoms with van der Waals surface area (Å²) in [6.07, 6.45) is 0.887. The summed E-state index contributed by atoms with van der Waals surface area (Å²) in [5.41, 5.74) is 0.308. The molecule has 0 bridgehead atoms. The third kappa shape index (κ3) is 3.70. The van der Waals surface area contributed by atoms with Gasteiger partial charge in [-0.2, -0.15) is 0 Å². The molecule has 19 heavy (non-hydrogen) atoms. The molecule has 1 unspecified atom stereocenters. The zero-order chi connectivity index (χ0) is 13.9. The van der Waals surface area contributed by atoms with Gasteiger partial charge in [-0.25, -0.2) is 4.79 Å². The number of benzene rings is 1. The molecule has 2 rings (SSSR count). The average molecular weight is 263 g/mol. The molecule has 1 aliphatic heterocycles. The molecular weight excluding hydrogens is 242 g/mol. The number of carbonyl (C=O) groups is 1. The number of aliphatic hydroxyl groups is 1. The van der Waals surface area contributed by atoms with E-state index in [1.807, 2.05) is 44.2 Å². The molecule has 0 aliphatic carbocycles. The summed E-state index contributed by atoms with van der Waals surface area (Å²) in [4.78, 5) is 13.7. The second kappa shape index (κ2) is 5.61. The van der Waals surface area contributed by atoms with E-state index >= 15 is 0 Å². The molecule has 4 heteroatoms. The molecule has 104 valence electrons. The zero-order valence-electron chi connectivity index (χ0n) is 11.5. The van der Waals surface area contributed by atoms with Crippen LogP contribution in [-0.2, 0) is 11.3 Å². The van der Waals surface area contributed by atoms with Crippen molar-refractivity contribution in [3.05, 3.63) is 35.9 Å². The summed E-state index contributed by atoms with van der Waals surface area (Å²) >= 11 is 0. The first-order valence-corrected chi connectivity index (χ1v) is 6.68. The molecule has 0 aromatic heterocycles. The molecule has 2 atom stereocenters. The summed E-state index contributed by atoms with van der Waals surface area (Å²) in [7, 11) is 0. The van der Waals surface area contributed by atoms with Crippen LogP contribution in [0.25, 0.3) is 0 Å². The topological polar surface area (TPSA) is 49.8 Å². The molecule has 0 radical (unpaired) electrons. The van der Waals surface area contributed by atoms with Gasteiger partial charge in [0.1, 0.15) is 6.61 Å². The minimum absolute atomic E-state index is 0.00650. The highest BCUT2D eigenvalue weighted by molar-refractivity contribution is 5.68. The van der Waals surface area contributed by atoms with E-state index < -0.39 is 5.60 Å². The maximum Gasteiger partial charge on any atom is 0.410 e. The van der Waals surface area contributed by atoms with E-state index in [-0.39, 0.29) is 12.1 Å². The third-order valence-corrected chi connectivity index (χ3v) is 3.60. The van der Waals surface area contributed by atoms with Crippen LogP contribution in [0.4, 0.5) is 4.79 Å². The lowest BCUT2D eigenvalue weighted by atomic mass is 9.89. The van der Waals surface area contributed by atoms with Crippen molar-refractivity contribution in [2.75, 3.05) is 6.54 Å². The summed E-state index contributed by atoms with van der Waals surface area (Å²) in [5.74, 6) is 0. The summed E-state index contributed by atoms with van der Waals surface area (Å²) < 4.78 is 5.31. The number of ether oxygens (including phenoxy) is 1. The Morgan fingerprint density at radius 1 is 1.47 bits per heavy atom. The van der Waals surface area contributed by atoms with Gasteiger partial charge in [-0.1, -0.05) is 30.3 Å². The third-order valence-electron chi connectivity index (χ3n) is 3.60. The van der Waals surface area contributed by atoms with Gasteiger partial charge < -0.3 is 14.7 Å². The van der Waals surface area contributed by atoms with Gasteiger partial charge in [-0.15, -0.1) is 0 Å². The van der Waals surface area contributed by atoms with Gasteiger partial charge >= 0.3 is 6.09 Å². The van der Waals surface area contributed by atoms with Crippen LogP contribution in [-0.4, -0.2) is 34.3 Å². The smallest absolute Gasteiger partial charge is 0.410 e. The van der Waals surface area contributed by atoms with Crippen molar-refractivity contribution in [1.82, 2.24) is 4.90 Å². The lowest BCUT2D eigenvalue weighted by Gasteiger charge is -2.40. The van der Waals surface area contributed by atoms with Crippen molar-refractivity contribution in [2.24, 2.45) is 0 Å². The first kappa shape index (κ1) is 13.9. The maximum absolute atomic E-state index is 12.0. The van der Waals surface area contributed by atoms with Crippen molar-refractivity contribution >= 4 is 6.09 Å². The molecule has 1 aliphatic rings. The van der Waals surface area contributed by atoms with Crippen LogP contribution >= 0.6 is 0 Å². The molecule has 1 aromatic carbocycles. The van der Waals surface area contributed by atoms with Crippen LogP contribution in [0.1, 0.15) is 32.3 Å². The number of nitrogens with zero attached hydrogens (tertiary/aromatic N) is 1. The van der Waals surface area contributed by atoms with Gasteiger partial charge in [-0.3, -0.25) is 0 Å². The normalized spacial score (nSPS) is 27.1. The van der Waals surface area contributed by atoms with Gasteiger partial charge in [0.15, 0.2) is 0 Å². The molecule has 1 saturated heterocycles. The summed E-state index contributed by atoms with van der Waals surface area (Å²) in [5, 5.41) is 9.97. The largest absolute Gasteiger partial charge is 0.445 e. The van der Waals surface area contributed by atoms with E-state index in [2.05, 4.69) is 0 Å². The molecule has 1 amide bonds. The molecule has 1 heterocycles. The standard InChI is InChI=1S/C15H21NO3/c1-12-10-15(2,18)8-9-16(12)14(17)19-11-13-6-4-3-5-7-13/h3-7,12,18H,8-11H2,1-2H3/t12-,15?/m1/s1. The van der Waals surface area contributed by atoms with Crippen molar-refractivity contribution in [3.63, 3.8) is 0 Å². The Morgan fingerprint density at radius 3 is 2.79 bits per heavy atom. The lowest BCUT2D eigenvalue weighted by molar-refractivity contribution is -0.0279. The molecule has 0 spiro atoms. The van der Waals surface area contributed by atoms with E-state index in [1.165, 1.54) is 0 Å². The van der Waals surface area contributed by atoms with Gasteiger partial charge in [0.25, 0.3) is 0 Å². The average Bonchev–Trinajstić information content (AvgIpc) is 2.36. The highest BCUT2D eigenvalue weighted by Gasteiger charge is 2.35. The van der Waals surface area contributed by atoms with Crippen LogP contribution in [0, 0.1) is 0 Å². The number of piperidine rings is 1. The van der Waals surface area contributed by atoms with Gasteiger partial charge in [0, 0.05) is 12.6 Å². The summed E-state index contributed by atoms with van der Waals surface area (Å²) in [6, 6.07) is 9.63. The van der Waals surface area contributed by atoms with E-state index in [0.29, 0.717) is 26.0 Å². The van der Waals surface area contributed by atoms with Crippen LogP contribution in [0.2, 0.25) is 0 Å². The monoisotopic (exact) mass is 263 g/mol. The Labute approximate surface area is 114 Å². The lowest BCUT2D eigenvalue weighted by Crippen LogP contribution is -2.50. The van der Waals surface area contributed by atoms with E-state index in [9.17, 15) is 9.90 Å². The van der Waals surface area contributed by atoms with E-state index in [0.717, 1.165) is 5.56 Å². The van der Waals surface area contributed by atoms with Gasteiger partial charge in [-0.05, 0) is 32.3 Å². The second-order valence-corrected chi connectivity index (χ2v) is 5.53. The molecular formula is C15H21NO3. The molecule has 1 N–H and O–H groups in total. The Morgan fingerprint density at radius 2 is 2.16 bits per heavy atom. The van der Waals surface area contributed by atoms with E-state index in [1.54, 1.807) is 4.90 Å². The molecule has 1 fully saturated rings. The zero-order valence-corrected chi connectivity index (χ0v) is 11.5. The predicted molar refractivity (Wildman–Crippen MR) is 72.7 cm³/mol. The molecule has 0 saturated carbocycles. The van der Waals surface area contributed by atoms with Gasteiger partial charge in [0.05, 0.1) is 5.60 Å². The Bertz CT molecular complexity index is 430. The Kier molecular flexibility index (Phi) is 4.10. The molecule has 1 aromatic rings. The van der Waals surface area contributed by atoms with Crippen LogP contribution in [0.5, 0.6) is 0 Å². The summed E-state index contributed by atoms with van der Waals surface area (Å²) in [6.45, 7) is 4.59. The highest BCUT2D eigenvalue weighted by atomic mass is 16.6. The first-order chi connectivity index (χ1) is 8.98. The minimum atomic E-state index is -0.671. The predicted octanol–water partition coefficient (Wildman–Crippen LogP) is 2.56. The number of hydrogen-bond donors (Lipinski definition) is 1. The van der Waals surface area contributed by atoms with Gasteiger partial charge in [0.2, 0.25) is 0 Å². The van der Waals surface area contributed by atoms with Crippen molar-refractivity contribution < 1.29 is 14.6 Å². The maximum atomic E-state index is 12.0. The Hall–Kier alpha value is -1.55. The highest BCUT2D eigenvalue weighted by Crippen LogP contribution is 2.26. The van der Waals surface area contributed by atoms with Crippen LogP contribution in [0.15, 0.2) is 30.3 Å². The van der Waals surface area contributed by atoms with E-state index in [4.69, 9.17) is 4.74 Å². The number of carbonyl (C=O) groups excluding carboxylic acids is 1. The van der Waals surface area contributed by atoms with Crippen LogP contribution in [0.3, 0.4) is 0 Å². The van der Waals surface area contributed by atoms with Crippen LogP contribution < -0.4 is 0 Å².